The van der Waals surface area contributed by atoms with E-state index in [2.05, 4.69) is 34.2 Å². The van der Waals surface area contributed by atoms with Gasteiger partial charge in [0.05, 0.1) is 6.61 Å². The molecule has 0 unspecified atom stereocenters. The molecule has 0 bridgehead atoms. The molecule has 0 saturated carbocycles. The van der Waals surface area contributed by atoms with Crippen LogP contribution in [0.3, 0.4) is 0 Å². The van der Waals surface area contributed by atoms with Crippen LogP contribution in [0.2, 0.25) is 0 Å². The maximum atomic E-state index is 9.10. The minimum Gasteiger partial charge on any atom is -0.494 e. The maximum Gasteiger partial charge on any atom is 0.414 e. The summed E-state index contributed by atoms with van der Waals surface area (Å²) in [5, 5.41) is 29.6. The third-order valence-electron chi connectivity index (χ3n) is 5.01. The number of aliphatic carboxylic acids is 4. The molecular formula is C23H32N2O9. The Labute approximate surface area is 197 Å². The van der Waals surface area contributed by atoms with Crippen molar-refractivity contribution in [3.8, 4) is 5.75 Å². The molecule has 0 amide bonds. The van der Waals surface area contributed by atoms with Crippen LogP contribution in [0.15, 0.2) is 29.3 Å². The van der Waals surface area contributed by atoms with Gasteiger partial charge < -0.3 is 30.1 Å². The van der Waals surface area contributed by atoms with Gasteiger partial charge in [0.1, 0.15) is 5.75 Å². The number of rotatable bonds is 6. The van der Waals surface area contributed by atoms with Crippen molar-refractivity contribution < 1.29 is 44.3 Å². The van der Waals surface area contributed by atoms with Gasteiger partial charge in [0.2, 0.25) is 0 Å². The van der Waals surface area contributed by atoms with Crippen molar-refractivity contribution in [1.82, 2.24) is 4.90 Å². The third-order valence-corrected chi connectivity index (χ3v) is 5.01. The molecule has 0 radical (unpaired) electrons. The highest BCUT2D eigenvalue weighted by atomic mass is 16.5. The molecule has 2 aliphatic rings. The Balaban J connectivity index is 0.000000401. The Morgan fingerprint density at radius 3 is 1.82 bits per heavy atom. The molecule has 11 nitrogen and oxygen atoms in total. The van der Waals surface area contributed by atoms with Gasteiger partial charge in [-0.2, -0.15) is 0 Å². The van der Waals surface area contributed by atoms with Gasteiger partial charge in [0.25, 0.3) is 0 Å². The van der Waals surface area contributed by atoms with Crippen molar-refractivity contribution in [3.05, 3.63) is 29.8 Å². The Hall–Kier alpha value is -3.47. The summed E-state index contributed by atoms with van der Waals surface area (Å²) in [6.07, 6.45) is 8.89. The van der Waals surface area contributed by atoms with E-state index >= 15 is 0 Å². The standard InChI is InChI=1S/C19H28N2O.2C2H2O4/c1-4-13-21(14-5-1)15-6-16-22-18-10-8-17(9-11-18)19-7-2-3-12-20-19;2*3-1(4)2(5)6/h8-11H,1-7,12-16H2;2*(H,3,4)(H,5,6). The van der Waals surface area contributed by atoms with Crippen LogP contribution >= 0.6 is 0 Å². The summed E-state index contributed by atoms with van der Waals surface area (Å²) >= 11 is 0. The van der Waals surface area contributed by atoms with Crippen molar-refractivity contribution in [1.29, 1.82) is 0 Å². The summed E-state index contributed by atoms with van der Waals surface area (Å²) in [6.45, 7) is 5.53. The van der Waals surface area contributed by atoms with Crippen LogP contribution in [-0.2, 0) is 19.2 Å². The van der Waals surface area contributed by atoms with E-state index in [1.807, 2.05) is 0 Å². The first-order valence-electron chi connectivity index (χ1n) is 11.1. The first kappa shape index (κ1) is 28.6. The maximum absolute atomic E-state index is 9.10. The topological polar surface area (TPSA) is 174 Å². The fourth-order valence-corrected chi connectivity index (χ4v) is 3.34. The van der Waals surface area contributed by atoms with Gasteiger partial charge in [-0.1, -0.05) is 6.42 Å². The van der Waals surface area contributed by atoms with Gasteiger partial charge in [0.15, 0.2) is 0 Å². The van der Waals surface area contributed by atoms with E-state index < -0.39 is 23.9 Å². The highest BCUT2D eigenvalue weighted by Gasteiger charge is 2.10. The molecule has 2 heterocycles. The summed E-state index contributed by atoms with van der Waals surface area (Å²) < 4.78 is 5.87. The lowest BCUT2D eigenvalue weighted by atomic mass is 10.0. The van der Waals surface area contributed by atoms with Crippen molar-refractivity contribution >= 4 is 29.6 Å². The smallest absolute Gasteiger partial charge is 0.414 e. The SMILES string of the molecule is O=C(O)C(=O)O.O=C(O)C(=O)O.c1cc(C2=NCCCC2)ccc1OCCCN1CCCCC1. The number of benzene rings is 1. The second-order valence-corrected chi connectivity index (χ2v) is 7.63. The largest absolute Gasteiger partial charge is 0.494 e. The molecule has 1 fully saturated rings. The fourth-order valence-electron chi connectivity index (χ4n) is 3.34. The highest BCUT2D eigenvalue weighted by Crippen LogP contribution is 2.18. The molecule has 4 N–H and O–H groups in total. The van der Waals surface area contributed by atoms with Gasteiger partial charge in [0, 0.05) is 18.8 Å². The molecular weight excluding hydrogens is 448 g/mol. The van der Waals surface area contributed by atoms with E-state index in [1.165, 1.54) is 63.0 Å². The molecule has 0 spiro atoms. The van der Waals surface area contributed by atoms with Crippen LogP contribution in [0.5, 0.6) is 5.75 Å². The minimum absolute atomic E-state index is 0.816. The fraction of sp³-hybridized carbons (Fsp3) is 0.522. The number of likely N-dealkylation sites (tertiary alicyclic amines) is 1. The minimum atomic E-state index is -1.82. The Bertz CT molecular complexity index is 783. The molecule has 2 aliphatic heterocycles. The van der Waals surface area contributed by atoms with Gasteiger partial charge in [-0.25, -0.2) is 19.2 Å². The van der Waals surface area contributed by atoms with Gasteiger partial charge in [-0.05, 0) is 81.4 Å². The third kappa shape index (κ3) is 12.5. The lowest BCUT2D eigenvalue weighted by Gasteiger charge is -2.26. The molecule has 34 heavy (non-hydrogen) atoms. The lowest BCUT2D eigenvalue weighted by Crippen LogP contribution is -2.31. The average molecular weight is 481 g/mol. The first-order chi connectivity index (χ1) is 16.2. The van der Waals surface area contributed by atoms with E-state index in [-0.39, 0.29) is 0 Å². The van der Waals surface area contributed by atoms with Gasteiger partial charge >= 0.3 is 23.9 Å². The van der Waals surface area contributed by atoms with Gasteiger partial charge in [-0.3, -0.25) is 4.99 Å². The normalized spacial score (nSPS) is 15.4. The molecule has 3 rings (SSSR count). The number of hydrogen-bond acceptors (Lipinski definition) is 7. The second kappa shape index (κ2) is 16.2. The summed E-state index contributed by atoms with van der Waals surface area (Å²) in [7, 11) is 0. The van der Waals surface area contributed by atoms with E-state index in [9.17, 15) is 0 Å². The molecule has 188 valence electrons. The summed E-state index contributed by atoms with van der Waals surface area (Å²) in [5.41, 5.74) is 2.53. The predicted molar refractivity (Wildman–Crippen MR) is 123 cm³/mol. The van der Waals surface area contributed by atoms with E-state index in [4.69, 9.17) is 44.3 Å². The number of carboxylic acids is 4. The quantitative estimate of drug-likeness (QED) is 0.349. The zero-order valence-electron chi connectivity index (χ0n) is 19.0. The Morgan fingerprint density at radius 1 is 0.794 bits per heavy atom. The molecule has 0 aliphatic carbocycles. The molecule has 1 saturated heterocycles. The van der Waals surface area contributed by atoms with Crippen LogP contribution in [-0.4, -0.2) is 87.7 Å². The lowest BCUT2D eigenvalue weighted by molar-refractivity contribution is -0.159. The molecule has 11 heteroatoms. The number of hydrogen-bond donors (Lipinski definition) is 4. The molecule has 0 aromatic heterocycles. The van der Waals surface area contributed by atoms with Crippen LogP contribution in [0.4, 0.5) is 0 Å². The monoisotopic (exact) mass is 480 g/mol. The van der Waals surface area contributed by atoms with E-state index in [1.54, 1.807) is 0 Å². The zero-order valence-corrected chi connectivity index (χ0v) is 19.0. The van der Waals surface area contributed by atoms with Crippen LogP contribution in [0.25, 0.3) is 0 Å². The highest BCUT2D eigenvalue weighted by molar-refractivity contribution is 6.27. The zero-order chi connectivity index (χ0) is 25.3. The number of carboxylic acid groups (broad SMARTS) is 4. The van der Waals surface area contributed by atoms with Gasteiger partial charge in [-0.15, -0.1) is 0 Å². The first-order valence-corrected chi connectivity index (χ1v) is 11.1. The van der Waals surface area contributed by atoms with Crippen molar-refractivity contribution in [3.63, 3.8) is 0 Å². The van der Waals surface area contributed by atoms with Crippen LogP contribution < -0.4 is 4.74 Å². The summed E-state index contributed by atoms with van der Waals surface area (Å²) in [4.78, 5) is 43.6. The Morgan fingerprint density at radius 2 is 1.35 bits per heavy atom. The molecule has 1 aromatic rings. The second-order valence-electron chi connectivity index (χ2n) is 7.63. The molecule has 0 atom stereocenters. The van der Waals surface area contributed by atoms with E-state index in [0.29, 0.717) is 0 Å². The van der Waals surface area contributed by atoms with Crippen molar-refractivity contribution in [2.45, 2.75) is 44.9 Å². The number of piperidine rings is 1. The van der Waals surface area contributed by atoms with E-state index in [0.717, 1.165) is 31.7 Å². The van der Waals surface area contributed by atoms with Crippen LogP contribution in [0, 0.1) is 0 Å². The van der Waals surface area contributed by atoms with Crippen LogP contribution in [0.1, 0.15) is 50.5 Å². The molecule has 1 aromatic carbocycles. The average Bonchev–Trinajstić information content (AvgIpc) is 2.84. The van der Waals surface area contributed by atoms with Crippen molar-refractivity contribution in [2.75, 3.05) is 32.8 Å². The Kier molecular flexibility index (Phi) is 13.6. The predicted octanol–water partition coefficient (Wildman–Crippen LogP) is 2.23. The number of aliphatic imine (C=N–C) groups is 1. The van der Waals surface area contributed by atoms with Crippen molar-refractivity contribution in [2.24, 2.45) is 4.99 Å². The summed E-state index contributed by atoms with van der Waals surface area (Å²) in [5.74, 6) is -6.31. The number of ether oxygens (including phenoxy) is 1. The number of nitrogens with zero attached hydrogens (tertiary/aromatic N) is 2. The summed E-state index contributed by atoms with van der Waals surface area (Å²) in [6, 6.07) is 8.49. The number of carbonyl (C=O) groups is 4.